The van der Waals surface area contributed by atoms with Crippen LogP contribution in [0.3, 0.4) is 0 Å². The Morgan fingerprint density at radius 2 is 1.86 bits per heavy atom. The number of hydrogen-bond donors (Lipinski definition) is 1. The largest absolute Gasteiger partial charge is 0.497 e. The maximum Gasteiger partial charge on any atom is 0.342 e. The van der Waals surface area contributed by atoms with E-state index in [1.807, 2.05) is 37.3 Å². The number of anilines is 1. The van der Waals surface area contributed by atoms with Gasteiger partial charge >= 0.3 is 6.03 Å². The van der Waals surface area contributed by atoms with Crippen LogP contribution >= 0.6 is 0 Å². The van der Waals surface area contributed by atoms with Crippen LogP contribution in [0, 0.1) is 12.8 Å². The molecular weight excluding hydrogens is 350 g/mol. The van der Waals surface area contributed by atoms with Gasteiger partial charge in [0.1, 0.15) is 5.75 Å². The summed E-state index contributed by atoms with van der Waals surface area (Å²) in [5.41, 5.74) is 5.12. The van der Waals surface area contributed by atoms with Gasteiger partial charge in [-0.3, -0.25) is 0 Å². The third-order valence-electron chi connectivity index (χ3n) is 5.64. The fourth-order valence-corrected chi connectivity index (χ4v) is 4.08. The lowest BCUT2D eigenvalue weighted by atomic mass is 9.83. The Morgan fingerprint density at radius 3 is 2.57 bits per heavy atom. The Hall–Kier alpha value is -2.82. The minimum atomic E-state index is -0.187. The first kappa shape index (κ1) is 18.5. The second-order valence-corrected chi connectivity index (χ2v) is 7.71. The van der Waals surface area contributed by atoms with Gasteiger partial charge in [-0.15, -0.1) is 0 Å². The second-order valence-electron chi connectivity index (χ2n) is 7.71. The molecule has 5 nitrogen and oxygen atoms in total. The molecule has 0 aromatic heterocycles. The van der Waals surface area contributed by atoms with E-state index in [1.54, 1.807) is 12.1 Å². The first-order chi connectivity index (χ1) is 13.6. The predicted molar refractivity (Wildman–Crippen MR) is 112 cm³/mol. The number of hydrazone groups is 1. The van der Waals surface area contributed by atoms with Crippen molar-refractivity contribution in [3.8, 4) is 5.75 Å². The summed E-state index contributed by atoms with van der Waals surface area (Å²) in [6, 6.07) is 13.8. The van der Waals surface area contributed by atoms with Crippen molar-refractivity contribution in [3.63, 3.8) is 0 Å². The average molecular weight is 377 g/mol. The van der Waals surface area contributed by atoms with Crippen LogP contribution in [0.5, 0.6) is 5.75 Å². The van der Waals surface area contributed by atoms with Crippen LogP contribution in [-0.2, 0) is 6.54 Å². The molecule has 0 bridgehead atoms. The number of ether oxygens (including phenoxy) is 1. The molecule has 1 aliphatic heterocycles. The van der Waals surface area contributed by atoms with Crippen molar-refractivity contribution >= 4 is 17.4 Å². The number of rotatable bonds is 4. The smallest absolute Gasteiger partial charge is 0.342 e. The lowest BCUT2D eigenvalue weighted by Gasteiger charge is -2.24. The molecule has 4 rings (SSSR count). The highest BCUT2D eigenvalue weighted by Gasteiger charge is 2.28. The molecule has 146 valence electrons. The fraction of sp³-hybridized carbons (Fsp3) is 0.391. The molecule has 5 heteroatoms. The zero-order valence-corrected chi connectivity index (χ0v) is 16.6. The third kappa shape index (κ3) is 3.88. The van der Waals surface area contributed by atoms with E-state index in [0.717, 1.165) is 46.7 Å². The van der Waals surface area contributed by atoms with Crippen molar-refractivity contribution in [1.82, 2.24) is 5.01 Å². The molecular formula is C23H27N3O2. The number of methoxy groups -OCH3 is 1. The molecule has 1 aliphatic carbocycles. The molecule has 2 aromatic carbocycles. The maximum absolute atomic E-state index is 12.9. The number of aryl methyl sites for hydroxylation is 1. The normalized spacial score (nSPS) is 17.4. The van der Waals surface area contributed by atoms with Gasteiger partial charge in [-0.05, 0) is 49.1 Å². The highest BCUT2D eigenvalue weighted by atomic mass is 16.5. The van der Waals surface area contributed by atoms with Gasteiger partial charge in [0.25, 0.3) is 0 Å². The number of amides is 2. The van der Waals surface area contributed by atoms with Crippen molar-refractivity contribution in [2.24, 2.45) is 11.0 Å². The fourth-order valence-electron chi connectivity index (χ4n) is 4.08. The number of benzene rings is 2. The highest BCUT2D eigenvalue weighted by molar-refractivity contribution is 6.11. The molecule has 2 amide bonds. The average Bonchev–Trinajstić information content (AvgIpc) is 2.85. The molecule has 1 saturated carbocycles. The Labute approximate surface area is 166 Å². The molecule has 0 saturated heterocycles. The van der Waals surface area contributed by atoms with Crippen LogP contribution in [0.15, 0.2) is 47.6 Å². The summed E-state index contributed by atoms with van der Waals surface area (Å²) in [6.45, 7) is 2.48. The van der Waals surface area contributed by atoms with Gasteiger partial charge in [0.05, 0.1) is 25.1 Å². The van der Waals surface area contributed by atoms with Gasteiger partial charge < -0.3 is 10.1 Å². The topological polar surface area (TPSA) is 53.9 Å². The molecule has 0 unspecified atom stereocenters. The highest BCUT2D eigenvalue weighted by Crippen LogP contribution is 2.32. The van der Waals surface area contributed by atoms with Crippen molar-refractivity contribution in [3.05, 3.63) is 59.2 Å². The minimum Gasteiger partial charge on any atom is -0.497 e. The molecule has 2 aliphatic rings. The first-order valence-electron chi connectivity index (χ1n) is 10.0. The molecule has 0 atom stereocenters. The quantitative estimate of drug-likeness (QED) is 0.782. The Kier molecular flexibility index (Phi) is 5.33. The summed E-state index contributed by atoms with van der Waals surface area (Å²) in [4.78, 5) is 12.9. The second kappa shape index (κ2) is 8.05. The van der Waals surface area contributed by atoms with Gasteiger partial charge in [-0.1, -0.05) is 43.5 Å². The summed E-state index contributed by atoms with van der Waals surface area (Å²) < 4.78 is 5.23. The van der Waals surface area contributed by atoms with Crippen LogP contribution in [-0.4, -0.2) is 23.9 Å². The van der Waals surface area contributed by atoms with E-state index < -0.39 is 0 Å². The SMILES string of the molecule is COc1ccc(CN2N=C(C3CCCCC3)c3ccc(C)cc3NC2=O)cc1. The van der Waals surface area contributed by atoms with Crippen molar-refractivity contribution in [1.29, 1.82) is 0 Å². The number of urea groups is 1. The van der Waals surface area contributed by atoms with E-state index >= 15 is 0 Å². The molecule has 1 fully saturated rings. The third-order valence-corrected chi connectivity index (χ3v) is 5.64. The number of fused-ring (bicyclic) bond motifs is 1. The van der Waals surface area contributed by atoms with Crippen LogP contribution in [0.4, 0.5) is 10.5 Å². The van der Waals surface area contributed by atoms with E-state index in [9.17, 15) is 4.79 Å². The lowest BCUT2D eigenvalue weighted by Crippen LogP contribution is -2.30. The van der Waals surface area contributed by atoms with Gasteiger partial charge in [0.15, 0.2) is 0 Å². The maximum atomic E-state index is 12.9. The molecule has 2 aromatic rings. The van der Waals surface area contributed by atoms with Crippen LogP contribution in [0.25, 0.3) is 0 Å². The Balaban J connectivity index is 1.69. The van der Waals surface area contributed by atoms with E-state index in [-0.39, 0.29) is 6.03 Å². The van der Waals surface area contributed by atoms with Crippen molar-refractivity contribution in [2.75, 3.05) is 12.4 Å². The monoisotopic (exact) mass is 377 g/mol. The summed E-state index contributed by atoms with van der Waals surface area (Å²) in [5, 5.41) is 9.54. The van der Waals surface area contributed by atoms with Crippen LogP contribution in [0.1, 0.15) is 48.8 Å². The van der Waals surface area contributed by atoms with E-state index in [1.165, 1.54) is 19.3 Å². The van der Waals surface area contributed by atoms with Gasteiger partial charge in [0, 0.05) is 11.5 Å². The van der Waals surface area contributed by atoms with Crippen LogP contribution in [0.2, 0.25) is 0 Å². The summed E-state index contributed by atoms with van der Waals surface area (Å²) in [6.07, 6.45) is 6.01. The molecule has 1 heterocycles. The van der Waals surface area contributed by atoms with E-state index in [0.29, 0.717) is 12.5 Å². The zero-order chi connectivity index (χ0) is 19.5. The first-order valence-corrected chi connectivity index (χ1v) is 10.0. The standard InChI is InChI=1S/C23H27N3O2/c1-16-8-13-20-21(14-16)24-23(27)26(15-17-9-11-19(28-2)12-10-17)25-22(20)18-6-4-3-5-7-18/h8-14,18H,3-7,15H2,1-2H3,(H,24,27). The lowest BCUT2D eigenvalue weighted by molar-refractivity contribution is 0.211. The van der Waals surface area contributed by atoms with Crippen molar-refractivity contribution in [2.45, 2.75) is 45.6 Å². The number of nitrogens with one attached hydrogen (secondary N) is 1. The number of nitrogens with zero attached hydrogens (tertiary/aromatic N) is 2. The predicted octanol–water partition coefficient (Wildman–Crippen LogP) is 5.34. The molecule has 28 heavy (non-hydrogen) atoms. The summed E-state index contributed by atoms with van der Waals surface area (Å²) >= 11 is 0. The summed E-state index contributed by atoms with van der Waals surface area (Å²) in [7, 11) is 1.65. The minimum absolute atomic E-state index is 0.187. The number of carbonyl (C=O) groups is 1. The zero-order valence-electron chi connectivity index (χ0n) is 16.6. The van der Waals surface area contributed by atoms with Crippen molar-refractivity contribution < 1.29 is 9.53 Å². The Morgan fingerprint density at radius 1 is 1.11 bits per heavy atom. The Bertz CT molecular complexity index is 883. The van der Waals surface area contributed by atoms with Gasteiger partial charge in [-0.25, -0.2) is 9.80 Å². The molecule has 1 N–H and O–H groups in total. The van der Waals surface area contributed by atoms with E-state index in [4.69, 9.17) is 9.84 Å². The van der Waals surface area contributed by atoms with Gasteiger partial charge in [-0.2, -0.15) is 5.10 Å². The van der Waals surface area contributed by atoms with E-state index in [2.05, 4.69) is 17.4 Å². The summed E-state index contributed by atoms with van der Waals surface area (Å²) in [5.74, 6) is 1.21. The number of hydrogen-bond acceptors (Lipinski definition) is 3. The van der Waals surface area contributed by atoms with Crippen LogP contribution < -0.4 is 10.1 Å². The van der Waals surface area contributed by atoms with Gasteiger partial charge in [0.2, 0.25) is 0 Å². The number of carbonyl (C=O) groups excluding carboxylic acids is 1. The molecule has 0 spiro atoms. The molecule has 0 radical (unpaired) electrons.